The van der Waals surface area contributed by atoms with Crippen LogP contribution in [0.4, 0.5) is 10.8 Å². The van der Waals surface area contributed by atoms with Gasteiger partial charge in [0.15, 0.2) is 5.13 Å². The van der Waals surface area contributed by atoms with Crippen LogP contribution in [0.15, 0.2) is 18.2 Å². The zero-order valence-electron chi connectivity index (χ0n) is 16.2. The van der Waals surface area contributed by atoms with Crippen molar-refractivity contribution < 1.29 is 13.2 Å². The highest BCUT2D eigenvalue weighted by Crippen LogP contribution is 2.38. The largest absolute Gasteiger partial charge is 0.302 e. The fourth-order valence-electron chi connectivity index (χ4n) is 3.51. The minimum atomic E-state index is -3.30. The number of hydrogen-bond donors (Lipinski definition) is 1. The van der Waals surface area contributed by atoms with Crippen LogP contribution >= 0.6 is 11.3 Å². The minimum absolute atomic E-state index is 0.0307. The molecule has 0 saturated heterocycles. The Kier molecular flexibility index (Phi) is 5.31. The number of hydrogen-bond acceptors (Lipinski definition) is 5. The third kappa shape index (κ3) is 4.16. The van der Waals surface area contributed by atoms with E-state index < -0.39 is 10.0 Å². The Bertz CT molecular complexity index is 980. The summed E-state index contributed by atoms with van der Waals surface area (Å²) in [6.07, 6.45) is 2.38. The molecule has 1 aromatic carbocycles. The van der Waals surface area contributed by atoms with Gasteiger partial charge in [0.25, 0.3) is 0 Å². The first kappa shape index (κ1) is 19.8. The van der Waals surface area contributed by atoms with Gasteiger partial charge in [-0.2, -0.15) is 0 Å². The van der Waals surface area contributed by atoms with Gasteiger partial charge in [-0.25, -0.2) is 13.4 Å². The number of nitrogens with zero attached hydrogens (tertiary/aromatic N) is 2. The molecular weight excluding hydrogens is 382 g/mol. The number of aryl methyl sites for hydroxylation is 1. The Morgan fingerprint density at radius 3 is 2.74 bits per heavy atom. The Morgan fingerprint density at radius 2 is 2.11 bits per heavy atom. The summed E-state index contributed by atoms with van der Waals surface area (Å²) < 4.78 is 25.6. The van der Waals surface area contributed by atoms with Crippen molar-refractivity contribution in [2.45, 2.75) is 46.6 Å². The van der Waals surface area contributed by atoms with Crippen molar-refractivity contribution in [1.82, 2.24) is 4.98 Å². The molecule has 1 atom stereocenters. The van der Waals surface area contributed by atoms with Gasteiger partial charge < -0.3 is 5.32 Å². The Morgan fingerprint density at radius 1 is 1.41 bits per heavy atom. The lowest BCUT2D eigenvalue weighted by Gasteiger charge is -2.21. The maximum absolute atomic E-state index is 12.1. The second-order valence-corrected chi connectivity index (χ2v) is 10.6. The molecule has 0 fully saturated rings. The predicted molar refractivity (Wildman–Crippen MR) is 111 cm³/mol. The second-order valence-electron chi connectivity index (χ2n) is 7.53. The van der Waals surface area contributed by atoms with Crippen LogP contribution in [-0.4, -0.2) is 31.6 Å². The molecule has 27 heavy (non-hydrogen) atoms. The molecule has 3 rings (SSSR count). The zero-order valence-corrected chi connectivity index (χ0v) is 17.9. The summed E-state index contributed by atoms with van der Waals surface area (Å²) in [5.74, 6) is 0.263. The Hall–Kier alpha value is -1.93. The maximum atomic E-state index is 12.1. The van der Waals surface area contributed by atoms with E-state index in [1.807, 2.05) is 45.9 Å². The van der Waals surface area contributed by atoms with Crippen molar-refractivity contribution in [3.8, 4) is 11.3 Å². The quantitative estimate of drug-likeness (QED) is 0.817. The molecule has 6 nitrogen and oxygen atoms in total. The van der Waals surface area contributed by atoms with E-state index in [0.717, 1.165) is 27.4 Å². The molecule has 0 aliphatic carbocycles. The highest BCUT2D eigenvalue weighted by Gasteiger charge is 2.32. The number of thiazole rings is 1. The smallest absolute Gasteiger partial charge is 0.232 e. The van der Waals surface area contributed by atoms with Gasteiger partial charge in [0, 0.05) is 22.9 Å². The van der Waals surface area contributed by atoms with Gasteiger partial charge in [0.2, 0.25) is 15.9 Å². The standard InChI is InChI=1S/C19H25N3O3S2/c1-11(2)8-17(23)20-19-21-18(13(4)26-19)14-6-7-16-15(10-14)9-12(3)22(16)27(5,24)25/h6-7,10-12H,8-9H2,1-5H3,(H,20,21,23)/t12-/m1/s1. The number of carbonyl (C=O) groups excluding carboxylic acids is 1. The molecule has 1 aromatic heterocycles. The van der Waals surface area contributed by atoms with Crippen molar-refractivity contribution in [3.05, 3.63) is 28.6 Å². The van der Waals surface area contributed by atoms with Gasteiger partial charge in [-0.05, 0) is 43.9 Å². The van der Waals surface area contributed by atoms with E-state index in [-0.39, 0.29) is 11.9 Å². The summed E-state index contributed by atoms with van der Waals surface area (Å²) in [4.78, 5) is 17.6. The molecule has 0 spiro atoms. The van der Waals surface area contributed by atoms with Crippen molar-refractivity contribution in [2.24, 2.45) is 5.92 Å². The zero-order chi connectivity index (χ0) is 19.9. The first-order valence-corrected chi connectivity index (χ1v) is 11.6. The van der Waals surface area contributed by atoms with Crippen LogP contribution in [0.25, 0.3) is 11.3 Å². The minimum Gasteiger partial charge on any atom is -0.302 e. The highest BCUT2D eigenvalue weighted by atomic mass is 32.2. The molecular formula is C19H25N3O3S2. The number of aromatic nitrogens is 1. The number of anilines is 2. The van der Waals surface area contributed by atoms with Crippen LogP contribution in [-0.2, 0) is 21.2 Å². The van der Waals surface area contributed by atoms with E-state index in [2.05, 4.69) is 10.3 Å². The lowest BCUT2D eigenvalue weighted by atomic mass is 10.0. The molecule has 8 heteroatoms. The van der Waals surface area contributed by atoms with E-state index in [0.29, 0.717) is 23.9 Å². The van der Waals surface area contributed by atoms with Crippen LogP contribution in [0.3, 0.4) is 0 Å². The van der Waals surface area contributed by atoms with E-state index in [4.69, 9.17) is 0 Å². The molecule has 0 bridgehead atoms. The van der Waals surface area contributed by atoms with E-state index in [1.54, 1.807) is 0 Å². The predicted octanol–water partition coefficient (Wildman–Crippen LogP) is 3.81. The monoisotopic (exact) mass is 407 g/mol. The average Bonchev–Trinajstić information content (AvgIpc) is 3.03. The first-order chi connectivity index (χ1) is 12.6. The van der Waals surface area contributed by atoms with Gasteiger partial charge in [0.1, 0.15) is 0 Å². The molecule has 0 unspecified atom stereocenters. The summed E-state index contributed by atoms with van der Waals surface area (Å²) in [5.41, 5.74) is 3.51. The van der Waals surface area contributed by atoms with Gasteiger partial charge in [-0.3, -0.25) is 9.10 Å². The third-order valence-corrected chi connectivity index (χ3v) is 6.66. The first-order valence-electron chi connectivity index (χ1n) is 8.96. The van der Waals surface area contributed by atoms with Crippen LogP contribution in [0.2, 0.25) is 0 Å². The van der Waals surface area contributed by atoms with E-state index in [9.17, 15) is 13.2 Å². The summed E-state index contributed by atoms with van der Waals surface area (Å²) in [6.45, 7) is 7.90. The fraction of sp³-hybridized carbons (Fsp3) is 0.474. The second kappa shape index (κ2) is 7.24. The molecule has 0 radical (unpaired) electrons. The van der Waals surface area contributed by atoms with Crippen LogP contribution in [0.5, 0.6) is 0 Å². The van der Waals surface area contributed by atoms with Crippen molar-refractivity contribution >= 4 is 38.1 Å². The molecule has 0 saturated carbocycles. The van der Waals surface area contributed by atoms with Crippen molar-refractivity contribution in [2.75, 3.05) is 15.9 Å². The summed E-state index contributed by atoms with van der Waals surface area (Å²) in [7, 11) is -3.30. The fourth-order valence-corrected chi connectivity index (χ4v) is 5.63. The SMILES string of the molecule is Cc1sc(NC(=O)CC(C)C)nc1-c1ccc2c(c1)C[C@@H](C)N2S(C)(=O)=O. The summed E-state index contributed by atoms with van der Waals surface area (Å²) >= 11 is 1.45. The van der Waals surface area contributed by atoms with E-state index in [1.165, 1.54) is 21.9 Å². The molecule has 1 amide bonds. The Balaban J connectivity index is 1.89. The van der Waals surface area contributed by atoms with Crippen LogP contribution in [0, 0.1) is 12.8 Å². The number of benzene rings is 1. The van der Waals surface area contributed by atoms with Crippen molar-refractivity contribution in [3.63, 3.8) is 0 Å². The lowest BCUT2D eigenvalue weighted by Crippen LogP contribution is -2.34. The van der Waals surface area contributed by atoms with Crippen molar-refractivity contribution in [1.29, 1.82) is 0 Å². The Labute approximate surface area is 164 Å². The molecule has 146 valence electrons. The maximum Gasteiger partial charge on any atom is 0.232 e. The molecule has 2 aromatic rings. The number of nitrogens with one attached hydrogen (secondary N) is 1. The average molecular weight is 408 g/mol. The number of sulfonamides is 1. The number of amides is 1. The summed E-state index contributed by atoms with van der Waals surface area (Å²) in [6, 6.07) is 5.67. The van der Waals surface area contributed by atoms with Gasteiger partial charge in [-0.15, -0.1) is 11.3 Å². The molecule has 1 N–H and O–H groups in total. The molecule has 1 aliphatic rings. The van der Waals surface area contributed by atoms with Gasteiger partial charge in [-0.1, -0.05) is 19.9 Å². The van der Waals surface area contributed by atoms with E-state index >= 15 is 0 Å². The summed E-state index contributed by atoms with van der Waals surface area (Å²) in [5, 5.41) is 3.47. The molecule has 1 aliphatic heterocycles. The topological polar surface area (TPSA) is 79.4 Å². The van der Waals surface area contributed by atoms with Gasteiger partial charge >= 0.3 is 0 Å². The number of rotatable bonds is 5. The normalized spacial score (nSPS) is 16.7. The van der Waals surface area contributed by atoms with Gasteiger partial charge in [0.05, 0.1) is 17.6 Å². The van der Waals surface area contributed by atoms with Crippen LogP contribution < -0.4 is 9.62 Å². The number of fused-ring (bicyclic) bond motifs is 1. The number of carbonyl (C=O) groups is 1. The third-order valence-electron chi connectivity index (χ3n) is 4.50. The lowest BCUT2D eigenvalue weighted by molar-refractivity contribution is -0.116. The van der Waals surface area contributed by atoms with Crippen LogP contribution in [0.1, 0.15) is 37.6 Å². The molecule has 2 heterocycles. The highest BCUT2D eigenvalue weighted by molar-refractivity contribution is 7.92.